The third-order valence-electron chi connectivity index (χ3n) is 2.61. The minimum atomic E-state index is -3.66. The first-order valence-corrected chi connectivity index (χ1v) is 9.13. The second kappa shape index (κ2) is 6.50. The normalized spacial score (nSPS) is 11.6. The zero-order valence-electron chi connectivity index (χ0n) is 10.3. The van der Waals surface area contributed by atoms with Crippen molar-refractivity contribution in [1.29, 1.82) is 0 Å². The van der Waals surface area contributed by atoms with E-state index in [2.05, 4.69) is 4.72 Å². The monoisotopic (exact) mass is 391 g/mol. The average molecular weight is 392 g/mol. The Morgan fingerprint density at radius 3 is 2.35 bits per heavy atom. The van der Waals surface area contributed by atoms with Crippen LogP contribution < -0.4 is 9.07 Å². The zero-order valence-corrected chi connectivity index (χ0v) is 15.1. The molecular weight excluding hydrogens is 380 g/mol. The third-order valence-corrected chi connectivity index (χ3v) is 6.16. The molecule has 0 spiro atoms. The molecule has 0 saturated heterocycles. The van der Waals surface area contributed by atoms with Gasteiger partial charge in [-0.3, -0.25) is 0 Å². The van der Waals surface area contributed by atoms with Crippen molar-refractivity contribution >= 4 is 54.4 Å². The summed E-state index contributed by atoms with van der Waals surface area (Å²) >= 11 is 13.0. The molecule has 0 amide bonds. The van der Waals surface area contributed by atoms with Crippen LogP contribution in [-0.4, -0.2) is 25.3 Å². The van der Waals surface area contributed by atoms with Crippen molar-refractivity contribution in [1.82, 2.24) is 4.72 Å². The molecule has 1 atom stereocenters. The van der Waals surface area contributed by atoms with Gasteiger partial charge in [0, 0.05) is 0 Å². The van der Waals surface area contributed by atoms with Gasteiger partial charge in [0.1, 0.15) is 0 Å². The van der Waals surface area contributed by atoms with E-state index in [1.54, 1.807) is 6.07 Å². The van der Waals surface area contributed by atoms with Crippen LogP contribution in [0.4, 0.5) is 0 Å². The fourth-order valence-electron chi connectivity index (χ4n) is 1.71. The van der Waals surface area contributed by atoms with Gasteiger partial charge in [-0.05, 0) is 0 Å². The number of nitrogens with one attached hydrogen (secondary N) is 1. The van der Waals surface area contributed by atoms with Crippen molar-refractivity contribution in [3.05, 3.63) is 58.1 Å². The van der Waals surface area contributed by atoms with Crippen LogP contribution in [0, 0.1) is 0 Å². The second-order valence-electron chi connectivity index (χ2n) is 4.12. The van der Waals surface area contributed by atoms with Crippen LogP contribution in [0.2, 0.25) is 10.0 Å². The predicted molar refractivity (Wildman–Crippen MR) is 85.1 cm³/mol. The fraction of sp³-hybridized carbons (Fsp3) is 0.0769. The molecule has 0 fully saturated rings. The van der Waals surface area contributed by atoms with Crippen LogP contribution in [0.15, 0.2) is 47.4 Å². The molecule has 1 N–H and O–H groups in total. The minimum absolute atomic E-state index is 0.0968. The van der Waals surface area contributed by atoms with Gasteiger partial charge in [-0.25, -0.2) is 0 Å². The molecule has 0 aliphatic heterocycles. The van der Waals surface area contributed by atoms with Gasteiger partial charge >= 0.3 is 137 Å². The summed E-state index contributed by atoms with van der Waals surface area (Å²) in [6.07, 6.45) is 0. The first-order valence-electron chi connectivity index (χ1n) is 5.68. The number of benzene rings is 2. The Kier molecular flexibility index (Phi) is 5.16. The molecule has 0 bridgehead atoms. The Morgan fingerprint density at radius 1 is 1.10 bits per heavy atom. The summed E-state index contributed by atoms with van der Waals surface area (Å²) in [5.74, 6) is 0. The van der Waals surface area contributed by atoms with Gasteiger partial charge in [0.2, 0.25) is 0 Å². The molecule has 20 heavy (non-hydrogen) atoms. The quantitative estimate of drug-likeness (QED) is 0.806. The van der Waals surface area contributed by atoms with Crippen LogP contribution in [0.3, 0.4) is 0 Å². The van der Waals surface area contributed by atoms with Crippen LogP contribution in [0.5, 0.6) is 0 Å². The van der Waals surface area contributed by atoms with Crippen molar-refractivity contribution in [3.8, 4) is 0 Å². The Labute approximate surface area is 136 Å². The van der Waals surface area contributed by atoms with Gasteiger partial charge in [0.15, 0.2) is 0 Å². The van der Waals surface area contributed by atoms with E-state index in [1.807, 2.05) is 30.3 Å². The summed E-state index contributed by atoms with van der Waals surface area (Å²) in [5.41, 5.74) is 0.879. The Bertz CT molecular complexity index is 697. The SMILES string of the molecule is O=S(=O)(NCc1ccccc1)c1c(Cl)cc(Cl)cc1[AsH2]. The summed E-state index contributed by atoms with van der Waals surface area (Å²) in [6, 6.07) is 12.3. The first kappa shape index (κ1) is 15.9. The molecule has 0 radical (unpaired) electrons. The summed E-state index contributed by atoms with van der Waals surface area (Å²) < 4.78 is 27.8. The van der Waals surface area contributed by atoms with Crippen LogP contribution >= 0.6 is 23.2 Å². The molecule has 2 rings (SSSR count). The average Bonchev–Trinajstić information content (AvgIpc) is 2.36. The van der Waals surface area contributed by atoms with Crippen LogP contribution in [0.1, 0.15) is 5.56 Å². The number of hydrogen-bond donors (Lipinski definition) is 1. The summed E-state index contributed by atoms with van der Waals surface area (Å²) in [4.78, 5) is 0.0968. The first-order chi connectivity index (χ1) is 9.40. The molecule has 0 aliphatic carbocycles. The van der Waals surface area contributed by atoms with Crippen molar-refractivity contribution < 1.29 is 8.42 Å². The number of halogens is 2. The summed E-state index contributed by atoms with van der Waals surface area (Å²) in [5, 5.41) is 0.564. The summed E-state index contributed by atoms with van der Waals surface area (Å²) in [6.45, 7) is 0.217. The van der Waals surface area contributed by atoms with Gasteiger partial charge in [-0.1, -0.05) is 0 Å². The molecular formula is C13H12AsCl2NO2S. The molecule has 2 aromatic rings. The maximum absolute atomic E-state index is 12.3. The number of hydrogen-bond acceptors (Lipinski definition) is 2. The molecule has 106 valence electrons. The molecule has 7 heteroatoms. The Hall–Kier alpha value is -0.512. The van der Waals surface area contributed by atoms with Gasteiger partial charge in [-0.15, -0.1) is 0 Å². The molecule has 0 saturated carbocycles. The zero-order chi connectivity index (χ0) is 14.8. The van der Waals surface area contributed by atoms with E-state index in [9.17, 15) is 8.42 Å². The molecule has 0 heterocycles. The van der Waals surface area contributed by atoms with Crippen molar-refractivity contribution in [2.24, 2.45) is 0 Å². The van der Waals surface area contributed by atoms with Crippen molar-refractivity contribution in [2.75, 3.05) is 0 Å². The van der Waals surface area contributed by atoms with E-state index in [0.717, 1.165) is 22.4 Å². The van der Waals surface area contributed by atoms with E-state index < -0.39 is 10.0 Å². The molecule has 0 aromatic heterocycles. The Morgan fingerprint density at radius 2 is 1.75 bits per heavy atom. The van der Waals surface area contributed by atoms with Gasteiger partial charge in [0.05, 0.1) is 0 Å². The standard InChI is InChI=1S/C13H12AsCl2NO2S/c14-11-6-10(15)7-12(16)13(11)20(18,19)17-8-9-4-2-1-3-5-9/h1-7,17H,8,14H2. The van der Waals surface area contributed by atoms with Gasteiger partial charge < -0.3 is 0 Å². The van der Waals surface area contributed by atoms with E-state index >= 15 is 0 Å². The van der Waals surface area contributed by atoms with E-state index in [0.29, 0.717) is 9.37 Å². The van der Waals surface area contributed by atoms with E-state index in [-0.39, 0.29) is 16.5 Å². The van der Waals surface area contributed by atoms with Crippen LogP contribution in [-0.2, 0) is 16.6 Å². The fourth-order valence-corrected chi connectivity index (χ4v) is 5.80. The van der Waals surface area contributed by atoms with Crippen LogP contribution in [0.25, 0.3) is 0 Å². The Balaban J connectivity index is 2.28. The predicted octanol–water partition coefficient (Wildman–Crippen LogP) is 1.73. The number of sulfonamides is 1. The maximum atomic E-state index is 12.3. The number of rotatable bonds is 4. The van der Waals surface area contributed by atoms with E-state index in [1.165, 1.54) is 6.07 Å². The second-order valence-corrected chi connectivity index (χ2v) is 7.97. The molecule has 3 nitrogen and oxygen atoms in total. The summed E-state index contributed by atoms with van der Waals surface area (Å²) in [7, 11) is -3.66. The van der Waals surface area contributed by atoms with Crippen molar-refractivity contribution in [2.45, 2.75) is 11.4 Å². The third kappa shape index (κ3) is 3.78. The van der Waals surface area contributed by atoms with E-state index in [4.69, 9.17) is 23.2 Å². The molecule has 0 aliphatic rings. The van der Waals surface area contributed by atoms with Crippen molar-refractivity contribution in [3.63, 3.8) is 0 Å². The molecule has 1 unspecified atom stereocenters. The topological polar surface area (TPSA) is 46.2 Å². The molecule has 2 aromatic carbocycles. The van der Waals surface area contributed by atoms with Gasteiger partial charge in [-0.2, -0.15) is 0 Å². The van der Waals surface area contributed by atoms with Gasteiger partial charge in [0.25, 0.3) is 0 Å².